The fourth-order valence-corrected chi connectivity index (χ4v) is 11.3. The lowest BCUT2D eigenvalue weighted by molar-refractivity contribution is -0.141. The molecule has 3 N–H and O–H groups in total. The Labute approximate surface area is 353 Å². The molecule has 5 aliphatic rings. The maximum atomic E-state index is 14.9. The van der Waals surface area contributed by atoms with Gasteiger partial charge in [0.05, 0.1) is 33.5 Å². The Morgan fingerprint density at radius 1 is 1.07 bits per heavy atom. The fourth-order valence-electron chi connectivity index (χ4n) is 8.74. The number of allylic oxidation sites excluding steroid dienone is 1. The van der Waals surface area contributed by atoms with E-state index in [9.17, 15) is 36.0 Å². The summed E-state index contributed by atoms with van der Waals surface area (Å²) >= 11 is 0. The molecule has 0 radical (unpaired) electrons. The molecule has 5 atom stereocenters. The van der Waals surface area contributed by atoms with Crippen molar-refractivity contribution in [1.29, 1.82) is 0 Å². The third-order valence-electron chi connectivity index (χ3n) is 13.2. The van der Waals surface area contributed by atoms with Gasteiger partial charge in [0.15, 0.2) is 9.84 Å². The predicted molar refractivity (Wildman–Crippen MR) is 225 cm³/mol. The highest BCUT2D eigenvalue weighted by Gasteiger charge is 2.64. The number of aromatic nitrogens is 1. The molecule has 0 bridgehead atoms. The lowest BCUT2D eigenvalue weighted by Crippen LogP contribution is -2.58. The summed E-state index contributed by atoms with van der Waals surface area (Å²) in [6.07, 6.45) is 8.00. The van der Waals surface area contributed by atoms with Crippen LogP contribution >= 0.6 is 0 Å². The van der Waals surface area contributed by atoms with Crippen LogP contribution in [0.15, 0.2) is 36.4 Å². The maximum Gasteiger partial charge on any atom is 0.408 e. The normalized spacial score (nSPS) is 28.6. The van der Waals surface area contributed by atoms with Crippen LogP contribution < -0.4 is 20.1 Å². The Hall–Kier alpha value is -4.25. The van der Waals surface area contributed by atoms with E-state index in [1.807, 2.05) is 43.3 Å². The monoisotopic (exact) mass is 869 g/mol. The van der Waals surface area contributed by atoms with E-state index in [1.165, 1.54) is 4.90 Å². The Kier molecular flexibility index (Phi) is 11.6. The molecule has 0 unspecified atom stereocenters. The number of fused-ring (bicyclic) bond motifs is 5. The minimum absolute atomic E-state index is 0.00330. The highest BCUT2D eigenvalue weighted by atomic mass is 32.2. The van der Waals surface area contributed by atoms with Crippen LogP contribution in [0.5, 0.6) is 5.75 Å². The van der Waals surface area contributed by atoms with E-state index in [4.69, 9.17) is 14.5 Å². The van der Waals surface area contributed by atoms with Crippen LogP contribution in [0.2, 0.25) is 0 Å². The van der Waals surface area contributed by atoms with Gasteiger partial charge in [-0.1, -0.05) is 43.2 Å². The average molecular weight is 870 g/mol. The number of carbonyl (C=O) groups excluding carboxylic acids is 4. The summed E-state index contributed by atoms with van der Waals surface area (Å²) < 4.78 is 65.5. The smallest absolute Gasteiger partial charge is 0.408 e. The van der Waals surface area contributed by atoms with Gasteiger partial charge in [0.1, 0.15) is 34.6 Å². The molecule has 4 amide bonds. The first kappa shape index (κ1) is 43.8. The zero-order valence-corrected chi connectivity index (χ0v) is 37.1. The molecule has 2 aromatic rings. The van der Waals surface area contributed by atoms with Crippen molar-refractivity contribution in [3.05, 3.63) is 47.7 Å². The predicted octanol–water partition coefficient (Wildman–Crippen LogP) is 4.69. The van der Waals surface area contributed by atoms with Crippen LogP contribution in [-0.4, -0.2) is 102 Å². The molecule has 17 heteroatoms. The number of ether oxygens (including phenoxy) is 2. The standard InChI is InChI=1S/C43H59N5O10S2/c1-27(2)59(53,54)23-22-40(4,5)58-39(52)45-33-17-11-9-7-8-10-14-29-24-43(29,38(51)47-60(55,56)41(6)20-21-41)46-36(49)34-25-42(26-48(34)37(33)50)19-18-31-30-15-12-13-16-32(30)44-28(3)35(31)57-42/h10,12-16,27,29,33-34H,7-9,11,17-26H2,1-6H3,(H,45,52)(H,46,49)(H,47,51)/b14-10-/t29-,33+,34+,42-,43-/m1/s1. The van der Waals surface area contributed by atoms with E-state index in [2.05, 4.69) is 15.4 Å². The van der Waals surface area contributed by atoms with Gasteiger partial charge in [-0.05, 0) is 99.0 Å². The summed E-state index contributed by atoms with van der Waals surface area (Å²) in [7, 11) is -7.43. The number of rotatable bonds is 9. The molecule has 60 heavy (non-hydrogen) atoms. The number of alkyl carbamates (subject to hydrolysis) is 1. The highest BCUT2D eigenvalue weighted by molar-refractivity contribution is 7.92. The lowest BCUT2D eigenvalue weighted by Gasteiger charge is -2.36. The number of para-hydroxylation sites is 1. The second kappa shape index (κ2) is 15.9. The Balaban J connectivity index is 1.19. The average Bonchev–Trinajstić information content (AvgIpc) is 4.07. The second-order valence-electron chi connectivity index (χ2n) is 18.7. The minimum atomic E-state index is -4.02. The van der Waals surface area contributed by atoms with Crippen molar-refractivity contribution < 1.29 is 45.5 Å². The first-order chi connectivity index (χ1) is 28.1. The van der Waals surface area contributed by atoms with Crippen LogP contribution in [0.3, 0.4) is 0 Å². The zero-order valence-electron chi connectivity index (χ0n) is 35.5. The molecule has 4 heterocycles. The third-order valence-corrected chi connectivity index (χ3v) is 17.6. The van der Waals surface area contributed by atoms with Gasteiger partial charge in [-0.25, -0.2) is 26.6 Å². The molecule has 2 saturated carbocycles. The molecule has 7 rings (SSSR count). The first-order valence-corrected chi connectivity index (χ1v) is 24.4. The Morgan fingerprint density at radius 3 is 2.52 bits per heavy atom. The van der Waals surface area contributed by atoms with Crippen molar-refractivity contribution in [1.82, 2.24) is 25.2 Å². The third kappa shape index (κ3) is 8.75. The number of nitrogens with zero attached hydrogens (tertiary/aromatic N) is 2. The molecular weight excluding hydrogens is 811 g/mol. The molecule has 1 aromatic heterocycles. The van der Waals surface area contributed by atoms with Crippen LogP contribution in [-0.2, 0) is 45.4 Å². The van der Waals surface area contributed by atoms with Crippen molar-refractivity contribution in [3.8, 4) is 5.75 Å². The van der Waals surface area contributed by atoms with Gasteiger partial charge >= 0.3 is 6.09 Å². The number of hydrogen-bond donors (Lipinski definition) is 3. The summed E-state index contributed by atoms with van der Waals surface area (Å²) in [5.74, 6) is -2.03. The number of sulfonamides is 1. The second-order valence-corrected chi connectivity index (χ2v) is 23.6. The minimum Gasteiger partial charge on any atom is -0.483 e. The molecule has 3 fully saturated rings. The van der Waals surface area contributed by atoms with E-state index in [0.29, 0.717) is 56.4 Å². The molecule has 1 aromatic carbocycles. The van der Waals surface area contributed by atoms with Crippen LogP contribution in [0.1, 0.15) is 117 Å². The van der Waals surface area contributed by atoms with Gasteiger partial charge in [-0.3, -0.25) is 19.1 Å². The van der Waals surface area contributed by atoms with E-state index in [0.717, 1.165) is 22.9 Å². The van der Waals surface area contributed by atoms with Crippen molar-refractivity contribution in [2.24, 2.45) is 5.92 Å². The summed E-state index contributed by atoms with van der Waals surface area (Å²) in [6.45, 7) is 9.86. The van der Waals surface area contributed by atoms with Crippen LogP contribution in [0.4, 0.5) is 4.79 Å². The van der Waals surface area contributed by atoms with Crippen molar-refractivity contribution >= 4 is 54.6 Å². The van der Waals surface area contributed by atoms with Gasteiger partial charge < -0.3 is 25.0 Å². The number of sulfone groups is 1. The summed E-state index contributed by atoms with van der Waals surface area (Å²) in [6, 6.07) is 5.53. The molecule has 1 spiro atoms. The maximum absolute atomic E-state index is 14.9. The van der Waals surface area contributed by atoms with E-state index in [1.54, 1.807) is 34.6 Å². The Bertz CT molecular complexity index is 2330. The quantitative estimate of drug-likeness (QED) is 0.295. The number of amides is 4. The lowest BCUT2D eigenvalue weighted by atomic mass is 9.87. The van der Waals surface area contributed by atoms with E-state index >= 15 is 0 Å². The number of pyridine rings is 1. The SMILES string of the molecule is Cc1nc2ccccc2c2c1O[C@]1(CC2)C[C@H]2C(=O)N[C@]3(C(=O)NS(=O)(=O)C4(C)CC4)C[C@H]3/C=C\CCCCC[C@H](NC(=O)OC(C)(C)CCS(=O)(=O)C(C)C)C(=O)N2C1. The molecule has 15 nitrogen and oxygen atoms in total. The topological polar surface area (TPSA) is 207 Å². The van der Waals surface area contributed by atoms with Gasteiger partial charge in [0.25, 0.3) is 5.91 Å². The van der Waals surface area contributed by atoms with E-state index < -0.39 is 88.4 Å². The van der Waals surface area contributed by atoms with Crippen LogP contribution in [0.25, 0.3) is 10.9 Å². The molecular formula is C43H59N5O10S2. The fraction of sp³-hybridized carbons (Fsp3) is 0.651. The molecule has 2 aliphatic carbocycles. The number of aryl methyl sites for hydroxylation is 2. The zero-order chi connectivity index (χ0) is 43.5. The molecule has 3 aliphatic heterocycles. The van der Waals surface area contributed by atoms with Crippen molar-refractivity contribution in [2.45, 2.75) is 157 Å². The Morgan fingerprint density at radius 2 is 1.80 bits per heavy atom. The summed E-state index contributed by atoms with van der Waals surface area (Å²) in [5.41, 5.74) is -1.26. The number of carbonyl (C=O) groups is 4. The summed E-state index contributed by atoms with van der Waals surface area (Å²) in [5, 5.41) is 6.06. The number of nitrogens with one attached hydrogen (secondary N) is 3. The number of benzene rings is 1. The molecule has 1 saturated heterocycles. The van der Waals surface area contributed by atoms with Gasteiger partial charge in [-0.15, -0.1) is 0 Å². The molecule has 328 valence electrons. The largest absolute Gasteiger partial charge is 0.483 e. The first-order valence-electron chi connectivity index (χ1n) is 21.2. The van der Waals surface area contributed by atoms with Crippen molar-refractivity contribution in [2.75, 3.05) is 12.3 Å². The summed E-state index contributed by atoms with van der Waals surface area (Å²) in [4.78, 5) is 63.5. The van der Waals surface area contributed by atoms with Gasteiger partial charge in [0.2, 0.25) is 21.8 Å². The van der Waals surface area contributed by atoms with E-state index in [-0.39, 0.29) is 38.0 Å². The van der Waals surface area contributed by atoms with Crippen molar-refractivity contribution in [3.63, 3.8) is 0 Å². The number of hydrogen-bond acceptors (Lipinski definition) is 11. The van der Waals surface area contributed by atoms with Crippen LogP contribution in [0, 0.1) is 12.8 Å². The van der Waals surface area contributed by atoms with Gasteiger partial charge in [0, 0.05) is 29.7 Å². The van der Waals surface area contributed by atoms with Gasteiger partial charge in [-0.2, -0.15) is 0 Å². The highest BCUT2D eigenvalue weighted by Crippen LogP contribution is 2.49.